The summed E-state index contributed by atoms with van der Waals surface area (Å²) in [4.78, 5) is 2.31. The van der Waals surface area contributed by atoms with E-state index in [0.717, 1.165) is 33.7 Å². The molecule has 63 heavy (non-hydrogen) atoms. The number of anilines is 1. The third kappa shape index (κ3) is 7.14. The number of rotatable bonds is 8. The Hall–Kier alpha value is -7.68. The zero-order valence-corrected chi connectivity index (χ0v) is 36.0. The van der Waals surface area contributed by atoms with Crippen LogP contribution in [0.5, 0.6) is 0 Å². The summed E-state index contributed by atoms with van der Waals surface area (Å²) in [6.45, 7) is 18.1. The second-order valence-corrected chi connectivity index (χ2v) is 17.2. The molecule has 0 saturated carbocycles. The van der Waals surface area contributed by atoms with Crippen molar-refractivity contribution in [2.24, 2.45) is 0 Å². The van der Waals surface area contributed by atoms with Gasteiger partial charge in [0.05, 0.1) is 11.0 Å². The van der Waals surface area contributed by atoms with E-state index in [4.69, 9.17) is 6.58 Å². The molecule has 0 amide bonds. The van der Waals surface area contributed by atoms with E-state index in [0.29, 0.717) is 6.42 Å². The second kappa shape index (κ2) is 16.3. The third-order valence-corrected chi connectivity index (χ3v) is 13.0. The van der Waals surface area contributed by atoms with E-state index >= 15 is 0 Å². The van der Waals surface area contributed by atoms with Gasteiger partial charge in [-0.15, -0.1) is 0 Å². The van der Waals surface area contributed by atoms with E-state index in [9.17, 15) is 0 Å². The number of allylic oxidation sites excluding steroid dienone is 9. The molecule has 10 rings (SSSR count). The molecule has 7 aromatic carbocycles. The van der Waals surface area contributed by atoms with E-state index in [1.165, 1.54) is 66.3 Å². The zero-order valence-electron chi connectivity index (χ0n) is 36.0. The number of aromatic nitrogens is 1. The Morgan fingerprint density at radius 1 is 0.619 bits per heavy atom. The lowest BCUT2D eigenvalue weighted by Crippen LogP contribution is -2.18. The first-order valence-electron chi connectivity index (χ1n) is 21.8. The van der Waals surface area contributed by atoms with Crippen LogP contribution in [0.25, 0.3) is 49.8 Å². The van der Waals surface area contributed by atoms with Crippen molar-refractivity contribution < 1.29 is 0 Å². The maximum Gasteiger partial charge on any atom is 0.0541 e. The molecule has 1 aliphatic heterocycles. The van der Waals surface area contributed by atoms with Crippen LogP contribution in [0, 0.1) is 0 Å². The highest BCUT2D eigenvalue weighted by Gasteiger charge is 2.37. The number of nitrogens with zero attached hydrogens (tertiary/aromatic N) is 2. The van der Waals surface area contributed by atoms with Gasteiger partial charge < -0.3 is 9.47 Å². The highest BCUT2D eigenvalue weighted by atomic mass is 15.1. The van der Waals surface area contributed by atoms with Crippen LogP contribution in [0.3, 0.4) is 0 Å². The molecule has 1 atom stereocenters. The summed E-state index contributed by atoms with van der Waals surface area (Å²) in [5.74, 6) is 0.0531. The minimum Gasteiger partial charge on any atom is -0.324 e. The van der Waals surface area contributed by atoms with Gasteiger partial charge in [-0.05, 0) is 128 Å². The molecule has 0 spiro atoms. The summed E-state index contributed by atoms with van der Waals surface area (Å²) in [6, 6.07) is 61.5. The van der Waals surface area contributed by atoms with Crippen LogP contribution in [0.2, 0.25) is 0 Å². The number of benzene rings is 7. The van der Waals surface area contributed by atoms with Crippen molar-refractivity contribution in [2.75, 3.05) is 4.90 Å². The van der Waals surface area contributed by atoms with Crippen LogP contribution in [0.15, 0.2) is 244 Å². The summed E-state index contributed by atoms with van der Waals surface area (Å²) in [6.07, 6.45) is 15.8. The molecule has 304 valence electrons. The van der Waals surface area contributed by atoms with E-state index in [2.05, 4.69) is 237 Å². The molecule has 0 radical (unpaired) electrons. The van der Waals surface area contributed by atoms with Crippen molar-refractivity contribution in [1.82, 2.24) is 4.57 Å². The van der Waals surface area contributed by atoms with Crippen molar-refractivity contribution in [3.05, 3.63) is 277 Å². The second-order valence-electron chi connectivity index (χ2n) is 17.2. The molecule has 0 fully saturated rings. The maximum atomic E-state index is 4.72. The highest BCUT2D eigenvalue weighted by molar-refractivity contribution is 6.10. The molecule has 1 unspecified atom stereocenters. The van der Waals surface area contributed by atoms with E-state index in [-0.39, 0.29) is 11.3 Å². The lowest BCUT2D eigenvalue weighted by atomic mass is 9.78. The normalized spacial score (nSPS) is 17.5. The summed E-state index contributed by atoms with van der Waals surface area (Å²) in [5.41, 5.74) is 18.6. The summed E-state index contributed by atoms with van der Waals surface area (Å²) >= 11 is 0. The number of hydrogen-bond donors (Lipinski definition) is 0. The average molecular weight is 811 g/mol. The molecule has 2 nitrogen and oxygen atoms in total. The SMILES string of the molecule is C=C/C=C\C(c1ccccc1)c1cccc(N2/C=C\C(c3ccc4c(c3)c3ccccc3n4-c3ccccc3)=C/C(=C)C(=C)C/C(c3cccc4c3C(C)(C)c3ccccc3-4)=C\2)c1. The van der Waals surface area contributed by atoms with Gasteiger partial charge in [0.1, 0.15) is 0 Å². The average Bonchev–Trinajstić information content (AvgIpc) is 3.78. The van der Waals surface area contributed by atoms with Crippen LogP contribution >= 0.6 is 0 Å². The van der Waals surface area contributed by atoms with Gasteiger partial charge in [0.25, 0.3) is 0 Å². The van der Waals surface area contributed by atoms with Crippen LogP contribution in [-0.4, -0.2) is 4.57 Å². The Morgan fingerprint density at radius 3 is 2.11 bits per heavy atom. The van der Waals surface area contributed by atoms with Gasteiger partial charge in [-0.25, -0.2) is 0 Å². The Bertz CT molecular complexity index is 3220. The molecular weight excluding hydrogens is 761 g/mol. The zero-order chi connectivity index (χ0) is 43.1. The fourth-order valence-electron chi connectivity index (χ4n) is 9.87. The van der Waals surface area contributed by atoms with Gasteiger partial charge in [-0.3, -0.25) is 0 Å². The topological polar surface area (TPSA) is 8.17 Å². The Labute approximate surface area is 371 Å². The van der Waals surface area contributed by atoms with Crippen LogP contribution < -0.4 is 4.90 Å². The molecule has 0 N–H and O–H groups in total. The quantitative estimate of drug-likeness (QED) is 0.139. The first-order valence-corrected chi connectivity index (χ1v) is 21.8. The Kier molecular flexibility index (Phi) is 10.2. The third-order valence-electron chi connectivity index (χ3n) is 13.0. The van der Waals surface area contributed by atoms with Gasteiger partial charge in [0.2, 0.25) is 0 Å². The highest BCUT2D eigenvalue weighted by Crippen LogP contribution is 2.52. The monoisotopic (exact) mass is 810 g/mol. The maximum absolute atomic E-state index is 4.72. The summed E-state index contributed by atoms with van der Waals surface area (Å²) < 4.78 is 2.36. The van der Waals surface area contributed by atoms with Crippen LogP contribution in [-0.2, 0) is 5.41 Å². The molecule has 1 aromatic heterocycles. The van der Waals surface area contributed by atoms with Crippen LogP contribution in [0.4, 0.5) is 5.69 Å². The molecular formula is C61H50N2. The van der Waals surface area contributed by atoms with Gasteiger partial charge >= 0.3 is 0 Å². The van der Waals surface area contributed by atoms with Crippen molar-refractivity contribution in [3.8, 4) is 16.8 Å². The van der Waals surface area contributed by atoms with Crippen molar-refractivity contribution in [2.45, 2.75) is 31.6 Å². The molecule has 0 saturated heterocycles. The summed E-state index contributed by atoms with van der Waals surface area (Å²) in [5, 5.41) is 2.42. The lowest BCUT2D eigenvalue weighted by molar-refractivity contribution is 0.658. The molecule has 2 heterocycles. The fourth-order valence-corrected chi connectivity index (χ4v) is 9.87. The van der Waals surface area contributed by atoms with E-state index in [1.54, 1.807) is 0 Å². The minimum absolute atomic E-state index is 0.0531. The van der Waals surface area contributed by atoms with Crippen molar-refractivity contribution >= 4 is 38.6 Å². The molecule has 8 aromatic rings. The molecule has 2 heteroatoms. The number of para-hydroxylation sites is 2. The Balaban J connectivity index is 1.15. The van der Waals surface area contributed by atoms with Gasteiger partial charge in [0.15, 0.2) is 0 Å². The lowest BCUT2D eigenvalue weighted by Gasteiger charge is -2.27. The number of fused-ring (bicyclic) bond motifs is 6. The van der Waals surface area contributed by atoms with Gasteiger partial charge in [-0.2, -0.15) is 0 Å². The van der Waals surface area contributed by atoms with Crippen LogP contribution in [0.1, 0.15) is 59.6 Å². The molecule has 2 aliphatic rings. The van der Waals surface area contributed by atoms with E-state index < -0.39 is 0 Å². The Morgan fingerprint density at radius 2 is 1.29 bits per heavy atom. The first kappa shape index (κ1) is 39.5. The molecule has 1 aliphatic carbocycles. The predicted molar refractivity (Wildman–Crippen MR) is 269 cm³/mol. The predicted octanol–water partition coefficient (Wildman–Crippen LogP) is 15.9. The summed E-state index contributed by atoms with van der Waals surface area (Å²) in [7, 11) is 0. The van der Waals surface area contributed by atoms with Gasteiger partial charge in [-0.1, -0.05) is 179 Å². The minimum atomic E-state index is -0.187. The fraction of sp³-hybridized carbons (Fsp3) is 0.0820. The van der Waals surface area contributed by atoms with Crippen molar-refractivity contribution in [1.29, 1.82) is 0 Å². The standard InChI is InChI=1S/C61H50N2/c1-6-7-26-51(44-20-10-8-11-21-44)47-22-18-25-50(39-47)62-36-35-46(45-33-34-59-56(40-45)54-28-15-17-32-58(54)63(59)49-23-12-9-13-24-49)37-42(2)43(3)38-48(41-62)52-29-19-30-55-53-27-14-16-31-57(53)61(4,5)60(52)55/h6-37,39-41,51H,1-3,38H2,4-5H3/b26-7-,36-35-,46-37+,48-41+. The van der Waals surface area contributed by atoms with Crippen molar-refractivity contribution in [3.63, 3.8) is 0 Å². The van der Waals surface area contributed by atoms with Gasteiger partial charge in [0, 0.05) is 45.9 Å². The largest absolute Gasteiger partial charge is 0.324 e. The smallest absolute Gasteiger partial charge is 0.0541 e. The first-order chi connectivity index (χ1) is 30.8. The number of hydrogen-bond acceptors (Lipinski definition) is 1. The molecule has 0 bridgehead atoms. The van der Waals surface area contributed by atoms with E-state index in [1.807, 2.05) is 12.2 Å².